The molecule has 11 heteroatoms. The molecular formula is C24H15F2N3O4S2. The number of nitrogens with zero attached hydrogens (tertiary/aromatic N) is 3. The summed E-state index contributed by atoms with van der Waals surface area (Å²) in [5, 5.41) is 19.3. The van der Waals surface area contributed by atoms with Crippen LogP contribution in [0.5, 0.6) is 0 Å². The summed E-state index contributed by atoms with van der Waals surface area (Å²) in [7, 11) is 0. The predicted octanol–water partition coefficient (Wildman–Crippen LogP) is 5.33. The van der Waals surface area contributed by atoms with Gasteiger partial charge in [-0.1, -0.05) is 35.2 Å². The van der Waals surface area contributed by atoms with Gasteiger partial charge in [-0.25, -0.2) is 8.78 Å². The molecule has 176 valence electrons. The van der Waals surface area contributed by atoms with Crippen molar-refractivity contribution in [1.82, 2.24) is 10.2 Å². The van der Waals surface area contributed by atoms with Crippen LogP contribution in [0.3, 0.4) is 0 Å². The van der Waals surface area contributed by atoms with Gasteiger partial charge in [0.05, 0.1) is 11.8 Å². The molecule has 1 N–H and O–H groups in total. The summed E-state index contributed by atoms with van der Waals surface area (Å²) in [6, 6.07) is 13.0. The largest absolute Gasteiger partial charge is 0.507 e. The number of anilines is 1. The first kappa shape index (κ1) is 22.9. The average Bonchev–Trinajstić information content (AvgIpc) is 3.60. The monoisotopic (exact) mass is 511 g/mol. The fourth-order valence-electron chi connectivity index (χ4n) is 3.59. The molecule has 0 radical (unpaired) electrons. The number of ketones is 1. The van der Waals surface area contributed by atoms with Crippen molar-refractivity contribution in [3.8, 4) is 0 Å². The Kier molecular flexibility index (Phi) is 6.18. The molecule has 5 rings (SSSR count). The van der Waals surface area contributed by atoms with Crippen LogP contribution >= 0.6 is 23.1 Å². The number of thioether (sulfide) groups is 1. The van der Waals surface area contributed by atoms with Crippen LogP contribution in [0.1, 0.15) is 22.9 Å². The highest BCUT2D eigenvalue weighted by atomic mass is 32.2. The van der Waals surface area contributed by atoms with Crippen LogP contribution in [0.4, 0.5) is 13.9 Å². The Hall–Kier alpha value is -3.83. The van der Waals surface area contributed by atoms with Crippen LogP contribution in [0, 0.1) is 11.6 Å². The number of aliphatic hydroxyl groups is 1. The van der Waals surface area contributed by atoms with Crippen molar-refractivity contribution in [2.75, 3.05) is 4.90 Å². The molecule has 2 aromatic carbocycles. The number of benzene rings is 2. The zero-order valence-corrected chi connectivity index (χ0v) is 19.4. The number of hydrogen-bond acceptors (Lipinski definition) is 8. The van der Waals surface area contributed by atoms with Crippen molar-refractivity contribution in [3.63, 3.8) is 0 Å². The van der Waals surface area contributed by atoms with Gasteiger partial charge in [-0.2, -0.15) is 0 Å². The van der Waals surface area contributed by atoms with E-state index in [9.17, 15) is 23.5 Å². The summed E-state index contributed by atoms with van der Waals surface area (Å²) in [6.07, 6.45) is 1.39. The van der Waals surface area contributed by atoms with Crippen molar-refractivity contribution in [3.05, 3.63) is 101 Å². The van der Waals surface area contributed by atoms with Crippen molar-refractivity contribution in [1.29, 1.82) is 0 Å². The zero-order chi connectivity index (χ0) is 24.5. The summed E-state index contributed by atoms with van der Waals surface area (Å²) in [5.74, 6) is -2.38. The van der Waals surface area contributed by atoms with Gasteiger partial charge >= 0.3 is 5.91 Å². The Bertz CT molecular complexity index is 1420. The fraction of sp³-hybridized carbons (Fsp3) is 0.0833. The van der Waals surface area contributed by atoms with Crippen molar-refractivity contribution >= 4 is 45.7 Å². The second kappa shape index (κ2) is 9.43. The minimum Gasteiger partial charge on any atom is -0.507 e. The molecule has 4 aromatic rings. The third kappa shape index (κ3) is 4.47. The van der Waals surface area contributed by atoms with Crippen LogP contribution < -0.4 is 4.90 Å². The molecule has 35 heavy (non-hydrogen) atoms. The summed E-state index contributed by atoms with van der Waals surface area (Å²) in [6.45, 7) is 0. The summed E-state index contributed by atoms with van der Waals surface area (Å²) in [4.78, 5) is 27.2. The van der Waals surface area contributed by atoms with E-state index in [2.05, 4.69) is 10.2 Å². The van der Waals surface area contributed by atoms with E-state index in [0.717, 1.165) is 33.9 Å². The number of furan rings is 1. The molecule has 1 fully saturated rings. The number of rotatable bonds is 6. The maximum absolute atomic E-state index is 13.4. The standard InChI is InChI=1S/C24H15F2N3O4S2/c25-15-7-3-13(4-8-15)12-34-24-28-27-23(35-24)29-19(17-2-1-11-33-17)18(21(31)22(29)32)20(30)14-5-9-16(26)10-6-14/h1-11,19,30H,12H2/b20-18-. The predicted molar refractivity (Wildman–Crippen MR) is 126 cm³/mol. The number of aromatic nitrogens is 2. The van der Waals surface area contributed by atoms with E-state index in [0.29, 0.717) is 10.1 Å². The number of amides is 1. The normalized spacial score (nSPS) is 17.3. The molecule has 1 saturated heterocycles. The lowest BCUT2D eigenvalue weighted by molar-refractivity contribution is -0.132. The second-order valence-electron chi connectivity index (χ2n) is 7.46. The molecule has 3 heterocycles. The molecule has 1 aliphatic heterocycles. The molecule has 0 bridgehead atoms. The summed E-state index contributed by atoms with van der Waals surface area (Å²) < 4.78 is 32.5. The van der Waals surface area contributed by atoms with E-state index >= 15 is 0 Å². The Morgan fingerprint density at radius 3 is 2.37 bits per heavy atom. The highest BCUT2D eigenvalue weighted by Gasteiger charge is 2.49. The van der Waals surface area contributed by atoms with Gasteiger partial charge in [-0.3, -0.25) is 14.5 Å². The minimum atomic E-state index is -1.09. The number of carbonyl (C=O) groups excluding carboxylic acids is 2. The zero-order valence-electron chi connectivity index (χ0n) is 17.7. The highest BCUT2D eigenvalue weighted by Crippen LogP contribution is 2.44. The Balaban J connectivity index is 1.49. The van der Waals surface area contributed by atoms with Gasteiger partial charge in [0.25, 0.3) is 5.78 Å². The third-order valence-electron chi connectivity index (χ3n) is 5.25. The first-order valence-electron chi connectivity index (χ1n) is 10.2. The lowest BCUT2D eigenvalue weighted by Crippen LogP contribution is -2.29. The number of Topliss-reactive ketones (excluding diaryl/α,β-unsaturated/α-hetero) is 1. The van der Waals surface area contributed by atoms with E-state index in [4.69, 9.17) is 4.42 Å². The number of hydrogen-bond donors (Lipinski definition) is 1. The van der Waals surface area contributed by atoms with Gasteiger partial charge in [-0.15, -0.1) is 10.2 Å². The summed E-state index contributed by atoms with van der Waals surface area (Å²) in [5.41, 5.74) is 0.851. The van der Waals surface area contributed by atoms with Crippen LogP contribution in [0.15, 0.2) is 81.3 Å². The van der Waals surface area contributed by atoms with Gasteiger partial charge in [-0.05, 0) is 54.1 Å². The molecule has 1 atom stereocenters. The van der Waals surface area contributed by atoms with E-state index in [1.54, 1.807) is 24.3 Å². The number of halogens is 2. The first-order chi connectivity index (χ1) is 16.9. The molecule has 1 amide bonds. The Labute approximate surface area is 205 Å². The van der Waals surface area contributed by atoms with E-state index in [1.165, 1.54) is 42.3 Å². The van der Waals surface area contributed by atoms with Gasteiger partial charge in [0, 0.05) is 11.3 Å². The molecule has 1 unspecified atom stereocenters. The van der Waals surface area contributed by atoms with Crippen molar-refractivity contribution in [2.45, 2.75) is 16.1 Å². The third-order valence-corrected chi connectivity index (χ3v) is 7.38. The SMILES string of the molecule is O=C1C(=O)N(c2nnc(SCc3ccc(F)cc3)s2)C(c2ccco2)/C1=C(/O)c1ccc(F)cc1. The maximum atomic E-state index is 13.4. The first-order valence-corrected chi connectivity index (χ1v) is 12.0. The fourth-order valence-corrected chi connectivity index (χ4v) is 5.42. The van der Waals surface area contributed by atoms with Gasteiger partial charge in [0.15, 0.2) is 4.34 Å². The van der Waals surface area contributed by atoms with Gasteiger partial charge in [0.1, 0.15) is 29.2 Å². The van der Waals surface area contributed by atoms with Crippen LogP contribution in [-0.4, -0.2) is 27.0 Å². The molecule has 2 aromatic heterocycles. The van der Waals surface area contributed by atoms with Gasteiger partial charge < -0.3 is 9.52 Å². The lowest BCUT2D eigenvalue weighted by Gasteiger charge is -2.20. The summed E-state index contributed by atoms with van der Waals surface area (Å²) >= 11 is 2.44. The van der Waals surface area contributed by atoms with Crippen molar-refractivity contribution in [2.24, 2.45) is 0 Å². The quantitative estimate of drug-likeness (QED) is 0.123. The Morgan fingerprint density at radius 1 is 1.03 bits per heavy atom. The smallest absolute Gasteiger partial charge is 0.302 e. The average molecular weight is 512 g/mol. The Morgan fingerprint density at radius 2 is 1.71 bits per heavy atom. The van der Waals surface area contributed by atoms with Crippen LogP contribution in [0.2, 0.25) is 0 Å². The van der Waals surface area contributed by atoms with Crippen LogP contribution in [0.25, 0.3) is 5.76 Å². The van der Waals surface area contributed by atoms with E-state index < -0.39 is 29.3 Å². The number of aliphatic hydroxyl groups excluding tert-OH is 1. The molecule has 1 aliphatic rings. The lowest BCUT2D eigenvalue weighted by atomic mass is 9.99. The maximum Gasteiger partial charge on any atom is 0.302 e. The van der Waals surface area contributed by atoms with E-state index in [1.807, 2.05) is 0 Å². The second-order valence-corrected chi connectivity index (χ2v) is 9.64. The van der Waals surface area contributed by atoms with Crippen LogP contribution in [-0.2, 0) is 15.3 Å². The molecule has 0 spiro atoms. The highest BCUT2D eigenvalue weighted by molar-refractivity contribution is 8.00. The molecule has 7 nitrogen and oxygen atoms in total. The number of carbonyl (C=O) groups is 2. The van der Waals surface area contributed by atoms with Gasteiger partial charge in [0.2, 0.25) is 5.13 Å². The molecular weight excluding hydrogens is 496 g/mol. The molecule has 0 aliphatic carbocycles. The van der Waals surface area contributed by atoms with Crippen molar-refractivity contribution < 1.29 is 27.9 Å². The topological polar surface area (TPSA) is 96.5 Å². The minimum absolute atomic E-state index is 0.147. The van der Waals surface area contributed by atoms with E-state index in [-0.39, 0.29) is 27.8 Å². The molecule has 0 saturated carbocycles.